The third kappa shape index (κ3) is 4.42. The highest BCUT2D eigenvalue weighted by molar-refractivity contribution is 5.06. The predicted octanol–water partition coefficient (Wildman–Crippen LogP) is 2.22. The Balaban J connectivity index is 1.73. The van der Waals surface area contributed by atoms with Crippen LogP contribution in [0.5, 0.6) is 0 Å². The molecule has 0 aromatic carbocycles. The Labute approximate surface area is 130 Å². The number of hydrogen-bond donors (Lipinski definition) is 1. The van der Waals surface area contributed by atoms with Gasteiger partial charge in [-0.2, -0.15) is 5.26 Å². The normalized spacial score (nSPS) is 26.2. The summed E-state index contributed by atoms with van der Waals surface area (Å²) in [4.78, 5) is 5.27. The molecular formula is C17H32N4. The maximum atomic E-state index is 9.53. The highest BCUT2D eigenvalue weighted by Gasteiger charge is 2.31. The van der Waals surface area contributed by atoms with Crippen LogP contribution in [0.4, 0.5) is 0 Å². The fourth-order valence-corrected chi connectivity index (χ4v) is 3.79. The number of nitrogens with one attached hydrogen (secondary N) is 1. The molecule has 0 bridgehead atoms. The van der Waals surface area contributed by atoms with Crippen LogP contribution in [0.2, 0.25) is 0 Å². The molecule has 1 N–H and O–H groups in total. The number of rotatable bonds is 8. The lowest BCUT2D eigenvalue weighted by Gasteiger charge is -2.38. The Hall–Kier alpha value is -0.630. The molecular weight excluding hydrogens is 260 g/mol. The fourth-order valence-electron chi connectivity index (χ4n) is 3.79. The van der Waals surface area contributed by atoms with E-state index in [1.807, 2.05) is 0 Å². The van der Waals surface area contributed by atoms with E-state index in [-0.39, 0.29) is 5.54 Å². The smallest absolute Gasteiger partial charge is 0.106 e. The summed E-state index contributed by atoms with van der Waals surface area (Å²) in [6.07, 6.45) is 6.86. The second kappa shape index (κ2) is 8.12. The summed E-state index contributed by atoms with van der Waals surface area (Å²) >= 11 is 0. The van der Waals surface area contributed by atoms with E-state index < -0.39 is 0 Å². The van der Waals surface area contributed by atoms with Gasteiger partial charge in [0, 0.05) is 25.7 Å². The van der Waals surface area contributed by atoms with E-state index in [4.69, 9.17) is 0 Å². The van der Waals surface area contributed by atoms with Crippen molar-refractivity contribution in [2.75, 3.05) is 39.3 Å². The lowest BCUT2D eigenvalue weighted by atomic mass is 9.91. The molecule has 2 unspecified atom stereocenters. The van der Waals surface area contributed by atoms with E-state index in [9.17, 15) is 5.26 Å². The second-order valence-electron chi connectivity index (χ2n) is 6.71. The summed E-state index contributed by atoms with van der Waals surface area (Å²) in [5.74, 6) is 0. The Morgan fingerprint density at radius 3 is 2.86 bits per heavy atom. The zero-order valence-corrected chi connectivity index (χ0v) is 13.9. The molecule has 0 amide bonds. The van der Waals surface area contributed by atoms with E-state index in [1.165, 1.54) is 39.0 Å². The first kappa shape index (κ1) is 16.7. The third-order valence-electron chi connectivity index (χ3n) is 5.28. The number of nitrogens with zero attached hydrogens (tertiary/aromatic N) is 3. The first-order valence-electron chi connectivity index (χ1n) is 8.85. The molecule has 0 aliphatic carbocycles. The maximum absolute atomic E-state index is 9.53. The van der Waals surface area contributed by atoms with Gasteiger partial charge in [0.15, 0.2) is 0 Å². The molecule has 2 atom stereocenters. The zero-order chi connectivity index (χ0) is 15.1. The SMILES string of the molecule is CCCNC(C#N)(CC)CCCN1CCN2CCCC2C1. The molecule has 2 fully saturated rings. The van der Waals surface area contributed by atoms with Gasteiger partial charge in [-0.1, -0.05) is 13.8 Å². The number of piperazine rings is 1. The summed E-state index contributed by atoms with van der Waals surface area (Å²) in [6.45, 7) is 11.4. The van der Waals surface area contributed by atoms with E-state index >= 15 is 0 Å². The predicted molar refractivity (Wildman–Crippen MR) is 87.2 cm³/mol. The van der Waals surface area contributed by atoms with Crippen LogP contribution in [-0.2, 0) is 0 Å². The van der Waals surface area contributed by atoms with Gasteiger partial charge in [-0.25, -0.2) is 0 Å². The zero-order valence-electron chi connectivity index (χ0n) is 13.9. The molecule has 0 aromatic heterocycles. The van der Waals surface area contributed by atoms with Crippen LogP contribution in [-0.4, -0.2) is 60.6 Å². The lowest BCUT2D eigenvalue weighted by molar-refractivity contribution is 0.101. The van der Waals surface area contributed by atoms with Crippen molar-refractivity contribution in [2.24, 2.45) is 0 Å². The van der Waals surface area contributed by atoms with Crippen LogP contribution < -0.4 is 5.32 Å². The van der Waals surface area contributed by atoms with Gasteiger partial charge in [0.25, 0.3) is 0 Å². The third-order valence-corrected chi connectivity index (χ3v) is 5.28. The number of fused-ring (bicyclic) bond motifs is 1. The van der Waals surface area contributed by atoms with Gasteiger partial charge in [0.2, 0.25) is 0 Å². The van der Waals surface area contributed by atoms with Crippen LogP contribution in [0.15, 0.2) is 0 Å². The van der Waals surface area contributed by atoms with Crippen molar-refractivity contribution in [1.29, 1.82) is 5.26 Å². The number of nitriles is 1. The van der Waals surface area contributed by atoms with E-state index in [0.717, 1.165) is 44.8 Å². The largest absolute Gasteiger partial charge is 0.301 e. The molecule has 4 nitrogen and oxygen atoms in total. The lowest BCUT2D eigenvalue weighted by Crippen LogP contribution is -2.50. The topological polar surface area (TPSA) is 42.3 Å². The van der Waals surface area contributed by atoms with Crippen molar-refractivity contribution in [1.82, 2.24) is 15.1 Å². The molecule has 0 spiro atoms. The number of hydrogen-bond acceptors (Lipinski definition) is 4. The summed E-state index contributed by atoms with van der Waals surface area (Å²) in [7, 11) is 0. The highest BCUT2D eigenvalue weighted by atomic mass is 15.3. The van der Waals surface area contributed by atoms with Gasteiger partial charge >= 0.3 is 0 Å². The van der Waals surface area contributed by atoms with Crippen LogP contribution in [0.3, 0.4) is 0 Å². The molecule has 0 aromatic rings. The molecule has 2 saturated heterocycles. The monoisotopic (exact) mass is 292 g/mol. The standard InChI is InChI=1S/C17H32N4/c1-3-9-19-17(4-2,15-18)8-6-10-20-12-13-21-11-5-7-16(21)14-20/h16,19H,3-14H2,1-2H3. The van der Waals surface area contributed by atoms with Gasteiger partial charge in [0.1, 0.15) is 5.54 Å². The molecule has 0 radical (unpaired) electrons. The van der Waals surface area contributed by atoms with Gasteiger partial charge in [-0.3, -0.25) is 10.2 Å². The fraction of sp³-hybridized carbons (Fsp3) is 0.941. The van der Waals surface area contributed by atoms with Crippen LogP contribution in [0.25, 0.3) is 0 Å². The Morgan fingerprint density at radius 1 is 1.29 bits per heavy atom. The van der Waals surface area contributed by atoms with Crippen LogP contribution in [0, 0.1) is 11.3 Å². The Bertz CT molecular complexity index is 351. The molecule has 0 saturated carbocycles. The average molecular weight is 292 g/mol. The summed E-state index contributed by atoms with van der Waals surface area (Å²) in [5.41, 5.74) is -0.300. The Morgan fingerprint density at radius 2 is 2.14 bits per heavy atom. The minimum atomic E-state index is -0.300. The quantitative estimate of drug-likeness (QED) is 0.745. The molecule has 2 rings (SSSR count). The van der Waals surface area contributed by atoms with E-state index in [2.05, 4.69) is 35.0 Å². The van der Waals surface area contributed by atoms with Gasteiger partial charge in [-0.15, -0.1) is 0 Å². The van der Waals surface area contributed by atoms with Gasteiger partial charge in [0.05, 0.1) is 6.07 Å². The van der Waals surface area contributed by atoms with Crippen molar-refractivity contribution in [3.05, 3.63) is 0 Å². The van der Waals surface area contributed by atoms with Crippen molar-refractivity contribution in [3.63, 3.8) is 0 Å². The van der Waals surface area contributed by atoms with Crippen molar-refractivity contribution >= 4 is 0 Å². The van der Waals surface area contributed by atoms with E-state index in [0.29, 0.717) is 0 Å². The first-order valence-corrected chi connectivity index (χ1v) is 8.85. The maximum Gasteiger partial charge on any atom is 0.106 e. The van der Waals surface area contributed by atoms with Crippen molar-refractivity contribution in [2.45, 2.75) is 64.0 Å². The van der Waals surface area contributed by atoms with Crippen LogP contribution in [0.1, 0.15) is 52.4 Å². The summed E-state index contributed by atoms with van der Waals surface area (Å²) < 4.78 is 0. The summed E-state index contributed by atoms with van der Waals surface area (Å²) in [6, 6.07) is 3.35. The molecule has 2 aliphatic rings. The van der Waals surface area contributed by atoms with Gasteiger partial charge in [-0.05, 0) is 58.2 Å². The first-order chi connectivity index (χ1) is 10.2. The minimum Gasteiger partial charge on any atom is -0.301 e. The van der Waals surface area contributed by atoms with Crippen LogP contribution >= 0.6 is 0 Å². The molecule has 21 heavy (non-hydrogen) atoms. The van der Waals surface area contributed by atoms with Gasteiger partial charge < -0.3 is 4.90 Å². The van der Waals surface area contributed by atoms with E-state index in [1.54, 1.807) is 0 Å². The van der Waals surface area contributed by atoms with Crippen molar-refractivity contribution in [3.8, 4) is 6.07 Å². The minimum absolute atomic E-state index is 0.300. The van der Waals surface area contributed by atoms with Crippen molar-refractivity contribution < 1.29 is 0 Å². The highest BCUT2D eigenvalue weighted by Crippen LogP contribution is 2.22. The molecule has 2 aliphatic heterocycles. The molecule has 4 heteroatoms. The molecule has 120 valence electrons. The average Bonchev–Trinajstić information content (AvgIpc) is 2.98. The Kier molecular flexibility index (Phi) is 6.47. The second-order valence-corrected chi connectivity index (χ2v) is 6.71. The molecule has 2 heterocycles. The summed E-state index contributed by atoms with van der Waals surface area (Å²) in [5, 5.41) is 13.0.